The fraction of sp³-hybridized carbons (Fsp3) is 0.647. The molecule has 0 aromatic heterocycles. The van der Waals surface area contributed by atoms with Crippen LogP contribution in [-0.4, -0.2) is 26.3 Å². The summed E-state index contributed by atoms with van der Waals surface area (Å²) in [5.74, 6) is 0. The van der Waals surface area contributed by atoms with Gasteiger partial charge in [-0.1, -0.05) is 45.0 Å². The molecule has 19 heavy (non-hydrogen) atoms. The van der Waals surface area contributed by atoms with Crippen molar-refractivity contribution < 1.29 is 4.74 Å². The van der Waals surface area contributed by atoms with Gasteiger partial charge >= 0.3 is 0 Å². The summed E-state index contributed by atoms with van der Waals surface area (Å²) < 4.78 is 5.34. The Morgan fingerprint density at radius 2 is 1.74 bits per heavy atom. The predicted octanol–water partition coefficient (Wildman–Crippen LogP) is 3.54. The number of benzene rings is 1. The molecular formula is C17H29NO. The summed E-state index contributed by atoms with van der Waals surface area (Å²) in [5, 5.41) is 3.38. The van der Waals surface area contributed by atoms with Crippen molar-refractivity contribution in [3.05, 3.63) is 35.4 Å². The van der Waals surface area contributed by atoms with E-state index >= 15 is 0 Å². The molecule has 0 aliphatic carbocycles. The van der Waals surface area contributed by atoms with Crippen LogP contribution in [0.1, 0.15) is 45.2 Å². The minimum atomic E-state index is 0.228. The Kier molecular flexibility index (Phi) is 6.02. The monoisotopic (exact) mass is 263 g/mol. The summed E-state index contributed by atoms with van der Waals surface area (Å²) >= 11 is 0. The van der Waals surface area contributed by atoms with Gasteiger partial charge in [-0.25, -0.2) is 0 Å². The minimum absolute atomic E-state index is 0.228. The van der Waals surface area contributed by atoms with Gasteiger partial charge in [0.25, 0.3) is 0 Å². The Morgan fingerprint density at radius 1 is 1.16 bits per heavy atom. The standard InChI is InChI=1S/C17H29NO/c1-13(19-6)11-16(18-5)12-14-7-9-15(10-8-14)17(2,3)4/h7-10,13,16,18H,11-12H2,1-6H3. The van der Waals surface area contributed by atoms with Crippen LogP contribution in [0.3, 0.4) is 0 Å². The van der Waals surface area contributed by atoms with E-state index in [0.29, 0.717) is 12.1 Å². The van der Waals surface area contributed by atoms with Gasteiger partial charge < -0.3 is 10.1 Å². The van der Waals surface area contributed by atoms with Crippen molar-refractivity contribution in [2.75, 3.05) is 14.2 Å². The Morgan fingerprint density at radius 3 is 2.16 bits per heavy atom. The highest BCUT2D eigenvalue weighted by molar-refractivity contribution is 5.28. The van der Waals surface area contributed by atoms with E-state index in [9.17, 15) is 0 Å². The van der Waals surface area contributed by atoms with Gasteiger partial charge in [-0.15, -0.1) is 0 Å². The molecule has 1 aromatic carbocycles. The number of likely N-dealkylation sites (N-methyl/N-ethyl adjacent to an activating group) is 1. The van der Waals surface area contributed by atoms with E-state index < -0.39 is 0 Å². The lowest BCUT2D eigenvalue weighted by atomic mass is 9.86. The van der Waals surface area contributed by atoms with Gasteiger partial charge in [0.05, 0.1) is 6.10 Å². The largest absolute Gasteiger partial charge is 0.382 e. The number of rotatable bonds is 6. The lowest BCUT2D eigenvalue weighted by Crippen LogP contribution is -2.31. The second-order valence-electron chi connectivity index (χ2n) is 6.42. The number of hydrogen-bond acceptors (Lipinski definition) is 2. The topological polar surface area (TPSA) is 21.3 Å². The first-order valence-corrected chi connectivity index (χ1v) is 7.16. The van der Waals surface area contributed by atoms with Crippen LogP contribution >= 0.6 is 0 Å². The highest BCUT2D eigenvalue weighted by Gasteiger charge is 2.15. The second kappa shape index (κ2) is 7.06. The first kappa shape index (κ1) is 16.2. The second-order valence-corrected chi connectivity index (χ2v) is 6.42. The normalized spacial score (nSPS) is 15.3. The maximum absolute atomic E-state index is 5.34. The lowest BCUT2D eigenvalue weighted by Gasteiger charge is -2.22. The van der Waals surface area contributed by atoms with Gasteiger partial charge in [-0.2, -0.15) is 0 Å². The van der Waals surface area contributed by atoms with E-state index in [-0.39, 0.29) is 5.41 Å². The van der Waals surface area contributed by atoms with Gasteiger partial charge in [0.2, 0.25) is 0 Å². The van der Waals surface area contributed by atoms with Crippen molar-refractivity contribution >= 4 is 0 Å². The average molecular weight is 263 g/mol. The van der Waals surface area contributed by atoms with E-state index in [1.54, 1.807) is 7.11 Å². The van der Waals surface area contributed by atoms with Crippen LogP contribution in [0.2, 0.25) is 0 Å². The maximum Gasteiger partial charge on any atom is 0.0558 e. The fourth-order valence-electron chi connectivity index (χ4n) is 2.23. The molecule has 0 radical (unpaired) electrons. The highest BCUT2D eigenvalue weighted by atomic mass is 16.5. The third-order valence-electron chi connectivity index (χ3n) is 3.73. The van der Waals surface area contributed by atoms with Crippen LogP contribution in [0.25, 0.3) is 0 Å². The van der Waals surface area contributed by atoms with E-state index in [1.807, 2.05) is 7.05 Å². The van der Waals surface area contributed by atoms with Gasteiger partial charge in [0, 0.05) is 13.2 Å². The molecule has 0 spiro atoms. The molecule has 1 rings (SSSR count). The molecule has 2 heteroatoms. The van der Waals surface area contributed by atoms with Crippen molar-refractivity contribution in [1.29, 1.82) is 0 Å². The Bertz CT molecular complexity index is 364. The summed E-state index contributed by atoms with van der Waals surface area (Å²) in [4.78, 5) is 0. The van der Waals surface area contributed by atoms with Crippen LogP contribution < -0.4 is 5.32 Å². The summed E-state index contributed by atoms with van der Waals surface area (Å²) in [6.45, 7) is 8.86. The SMILES string of the molecule is CNC(Cc1ccc(C(C)(C)C)cc1)CC(C)OC. The fourth-order valence-corrected chi connectivity index (χ4v) is 2.23. The van der Waals surface area contributed by atoms with Gasteiger partial charge in [-0.3, -0.25) is 0 Å². The van der Waals surface area contributed by atoms with Crippen molar-refractivity contribution in [2.24, 2.45) is 0 Å². The molecule has 2 atom stereocenters. The molecule has 0 aliphatic rings. The molecule has 0 amide bonds. The molecule has 1 aromatic rings. The number of hydrogen-bond donors (Lipinski definition) is 1. The van der Waals surface area contributed by atoms with Crippen molar-refractivity contribution in [3.8, 4) is 0 Å². The molecule has 108 valence electrons. The van der Waals surface area contributed by atoms with Crippen LogP contribution in [0.4, 0.5) is 0 Å². The number of ether oxygens (including phenoxy) is 1. The zero-order valence-electron chi connectivity index (χ0n) is 13.3. The summed E-state index contributed by atoms with van der Waals surface area (Å²) in [7, 11) is 3.80. The predicted molar refractivity (Wildman–Crippen MR) is 82.8 cm³/mol. The zero-order chi connectivity index (χ0) is 14.5. The van der Waals surface area contributed by atoms with Crippen LogP contribution in [-0.2, 0) is 16.6 Å². The van der Waals surface area contributed by atoms with E-state index in [1.165, 1.54) is 11.1 Å². The lowest BCUT2D eigenvalue weighted by molar-refractivity contribution is 0.101. The Labute approximate surface area is 118 Å². The van der Waals surface area contributed by atoms with Crippen molar-refractivity contribution in [3.63, 3.8) is 0 Å². The Hall–Kier alpha value is -0.860. The average Bonchev–Trinajstić information content (AvgIpc) is 2.37. The van der Waals surface area contributed by atoms with Gasteiger partial charge in [-0.05, 0) is 43.4 Å². The molecular weight excluding hydrogens is 234 g/mol. The highest BCUT2D eigenvalue weighted by Crippen LogP contribution is 2.22. The molecule has 0 fully saturated rings. The van der Waals surface area contributed by atoms with E-state index in [2.05, 4.69) is 57.3 Å². The smallest absolute Gasteiger partial charge is 0.0558 e. The van der Waals surface area contributed by atoms with Crippen LogP contribution in [0, 0.1) is 0 Å². The van der Waals surface area contributed by atoms with E-state index in [4.69, 9.17) is 4.74 Å². The van der Waals surface area contributed by atoms with Crippen LogP contribution in [0.15, 0.2) is 24.3 Å². The first-order chi connectivity index (χ1) is 8.86. The van der Waals surface area contributed by atoms with E-state index in [0.717, 1.165) is 12.8 Å². The van der Waals surface area contributed by atoms with Crippen molar-refractivity contribution in [1.82, 2.24) is 5.32 Å². The summed E-state index contributed by atoms with van der Waals surface area (Å²) in [6.07, 6.45) is 2.38. The molecule has 1 N–H and O–H groups in total. The Balaban J connectivity index is 2.65. The maximum atomic E-state index is 5.34. The molecule has 0 saturated heterocycles. The third kappa shape index (κ3) is 5.33. The molecule has 0 saturated carbocycles. The third-order valence-corrected chi connectivity index (χ3v) is 3.73. The minimum Gasteiger partial charge on any atom is -0.382 e. The quantitative estimate of drug-likeness (QED) is 0.847. The first-order valence-electron chi connectivity index (χ1n) is 7.16. The van der Waals surface area contributed by atoms with Crippen molar-refractivity contribution in [2.45, 2.75) is 58.1 Å². The molecule has 2 nitrogen and oxygen atoms in total. The molecule has 0 bridgehead atoms. The number of nitrogens with one attached hydrogen (secondary N) is 1. The number of methoxy groups -OCH3 is 1. The summed E-state index contributed by atoms with van der Waals surface area (Å²) in [5.41, 5.74) is 3.00. The molecule has 2 unspecified atom stereocenters. The molecule has 0 aliphatic heterocycles. The van der Waals surface area contributed by atoms with Gasteiger partial charge in [0.1, 0.15) is 0 Å². The zero-order valence-corrected chi connectivity index (χ0v) is 13.3. The van der Waals surface area contributed by atoms with Gasteiger partial charge in [0.15, 0.2) is 0 Å². The van der Waals surface area contributed by atoms with Crippen LogP contribution in [0.5, 0.6) is 0 Å². The summed E-state index contributed by atoms with van der Waals surface area (Å²) in [6, 6.07) is 9.48. The molecule has 0 heterocycles.